The van der Waals surface area contributed by atoms with E-state index in [1.807, 2.05) is 0 Å². The number of hydrogen-bond acceptors (Lipinski definition) is 4. The van der Waals surface area contributed by atoms with Crippen molar-refractivity contribution in [1.29, 1.82) is 0 Å². The second kappa shape index (κ2) is 7.39. The van der Waals surface area contributed by atoms with Gasteiger partial charge >= 0.3 is 18.0 Å². The van der Waals surface area contributed by atoms with Crippen molar-refractivity contribution in [2.45, 2.75) is 45.3 Å². The molecule has 23 heavy (non-hydrogen) atoms. The summed E-state index contributed by atoms with van der Waals surface area (Å²) in [4.78, 5) is 23.4. The van der Waals surface area contributed by atoms with Crippen LogP contribution in [-0.2, 0) is 14.3 Å². The number of nitrogens with one attached hydrogen (secondary N) is 1. The van der Waals surface area contributed by atoms with Gasteiger partial charge < -0.3 is 14.8 Å². The standard InChI is InChI=1S/C16H21F2NO4/c1-5-22-13(20)16(17,18)12(11-9-7-6-8-10-11)19-14(21)23-15(2,3)4/h6-10,12H,5H2,1-4H3,(H,19,21). The quantitative estimate of drug-likeness (QED) is 0.840. The highest BCUT2D eigenvalue weighted by Gasteiger charge is 2.50. The average molecular weight is 329 g/mol. The molecule has 0 saturated heterocycles. The number of amides is 1. The molecule has 0 bridgehead atoms. The van der Waals surface area contributed by atoms with Crippen molar-refractivity contribution in [2.24, 2.45) is 0 Å². The lowest BCUT2D eigenvalue weighted by Gasteiger charge is -2.28. The van der Waals surface area contributed by atoms with Crippen LogP contribution >= 0.6 is 0 Å². The van der Waals surface area contributed by atoms with Crippen LogP contribution < -0.4 is 5.32 Å². The van der Waals surface area contributed by atoms with Crippen LogP contribution in [0.1, 0.15) is 39.3 Å². The van der Waals surface area contributed by atoms with Gasteiger partial charge in [-0.15, -0.1) is 0 Å². The van der Waals surface area contributed by atoms with Gasteiger partial charge in [0.2, 0.25) is 0 Å². The maximum Gasteiger partial charge on any atom is 0.408 e. The van der Waals surface area contributed by atoms with Gasteiger partial charge in [0.05, 0.1) is 6.61 Å². The number of alkyl halides is 2. The van der Waals surface area contributed by atoms with Gasteiger partial charge in [-0.1, -0.05) is 30.3 Å². The van der Waals surface area contributed by atoms with Crippen molar-refractivity contribution in [3.63, 3.8) is 0 Å². The molecule has 0 saturated carbocycles. The van der Waals surface area contributed by atoms with Gasteiger partial charge in [0.1, 0.15) is 11.6 Å². The predicted molar refractivity (Wildman–Crippen MR) is 80.1 cm³/mol. The highest BCUT2D eigenvalue weighted by Crippen LogP contribution is 2.33. The molecular weight excluding hydrogens is 308 g/mol. The fraction of sp³-hybridized carbons (Fsp3) is 0.500. The Hall–Kier alpha value is -2.18. The van der Waals surface area contributed by atoms with E-state index in [0.717, 1.165) is 0 Å². The number of carbonyl (C=O) groups is 2. The molecule has 0 aliphatic carbocycles. The summed E-state index contributed by atoms with van der Waals surface area (Å²) in [7, 11) is 0. The van der Waals surface area contributed by atoms with Crippen LogP contribution in [0.3, 0.4) is 0 Å². The molecule has 0 spiro atoms. The third-order valence-corrected chi connectivity index (χ3v) is 2.70. The fourth-order valence-corrected chi connectivity index (χ4v) is 1.80. The number of rotatable bonds is 5. The average Bonchev–Trinajstić information content (AvgIpc) is 2.44. The largest absolute Gasteiger partial charge is 0.461 e. The summed E-state index contributed by atoms with van der Waals surface area (Å²) in [6, 6.07) is 5.57. The Balaban J connectivity index is 3.08. The second-order valence-corrected chi connectivity index (χ2v) is 5.83. The molecule has 0 aliphatic heterocycles. The smallest absolute Gasteiger partial charge is 0.408 e. The topological polar surface area (TPSA) is 64.6 Å². The Morgan fingerprint density at radius 2 is 1.74 bits per heavy atom. The minimum Gasteiger partial charge on any atom is -0.461 e. The minimum atomic E-state index is -3.94. The first-order valence-corrected chi connectivity index (χ1v) is 7.17. The molecule has 1 atom stereocenters. The molecule has 0 aliphatic rings. The van der Waals surface area contributed by atoms with Crippen molar-refractivity contribution >= 4 is 12.1 Å². The van der Waals surface area contributed by atoms with Crippen molar-refractivity contribution in [1.82, 2.24) is 5.32 Å². The molecule has 1 N–H and O–H groups in total. The SMILES string of the molecule is CCOC(=O)C(F)(F)C(NC(=O)OC(C)(C)C)c1ccccc1. The summed E-state index contributed by atoms with van der Waals surface area (Å²) >= 11 is 0. The number of alkyl carbamates (subject to hydrolysis) is 1. The Morgan fingerprint density at radius 1 is 1.17 bits per heavy atom. The van der Waals surface area contributed by atoms with E-state index < -0.39 is 29.6 Å². The monoisotopic (exact) mass is 329 g/mol. The van der Waals surface area contributed by atoms with Crippen LogP contribution in [0, 0.1) is 0 Å². The summed E-state index contributed by atoms with van der Waals surface area (Å²) in [5, 5.41) is 2.06. The molecule has 1 rings (SSSR count). The van der Waals surface area contributed by atoms with Crippen LogP contribution in [0.15, 0.2) is 30.3 Å². The van der Waals surface area contributed by atoms with Crippen LogP contribution in [0.25, 0.3) is 0 Å². The van der Waals surface area contributed by atoms with E-state index in [-0.39, 0.29) is 12.2 Å². The van der Waals surface area contributed by atoms with Gasteiger partial charge in [0.15, 0.2) is 0 Å². The van der Waals surface area contributed by atoms with Crippen molar-refractivity contribution in [3.8, 4) is 0 Å². The van der Waals surface area contributed by atoms with E-state index in [4.69, 9.17) is 4.74 Å². The first kappa shape index (κ1) is 18.9. The summed E-state index contributed by atoms with van der Waals surface area (Å²) in [6.45, 7) is 6.05. The van der Waals surface area contributed by atoms with Gasteiger partial charge in [-0.2, -0.15) is 8.78 Å². The molecule has 1 aromatic carbocycles. The Labute approximate surface area is 134 Å². The lowest BCUT2D eigenvalue weighted by Crippen LogP contribution is -2.47. The highest BCUT2D eigenvalue weighted by atomic mass is 19.3. The number of benzene rings is 1. The first-order chi connectivity index (χ1) is 10.6. The maximum atomic E-state index is 14.4. The van der Waals surface area contributed by atoms with Crippen LogP contribution in [0.5, 0.6) is 0 Å². The number of hydrogen-bond donors (Lipinski definition) is 1. The molecule has 0 heterocycles. The third-order valence-electron chi connectivity index (χ3n) is 2.70. The third kappa shape index (κ3) is 5.50. The van der Waals surface area contributed by atoms with Gasteiger partial charge in [0.25, 0.3) is 0 Å². The molecule has 0 fully saturated rings. The van der Waals surface area contributed by atoms with Crippen LogP contribution in [0.4, 0.5) is 13.6 Å². The van der Waals surface area contributed by atoms with E-state index in [1.54, 1.807) is 26.8 Å². The molecule has 1 aromatic rings. The van der Waals surface area contributed by atoms with Crippen molar-refractivity contribution in [2.75, 3.05) is 6.61 Å². The molecule has 5 nitrogen and oxygen atoms in total. The zero-order valence-corrected chi connectivity index (χ0v) is 13.6. The maximum absolute atomic E-state index is 14.4. The molecule has 7 heteroatoms. The van der Waals surface area contributed by atoms with Crippen molar-refractivity contribution in [3.05, 3.63) is 35.9 Å². The Morgan fingerprint density at radius 3 is 2.22 bits per heavy atom. The van der Waals surface area contributed by atoms with Crippen molar-refractivity contribution < 1.29 is 27.8 Å². The van der Waals surface area contributed by atoms with Gasteiger partial charge in [-0.3, -0.25) is 0 Å². The van der Waals surface area contributed by atoms with E-state index in [9.17, 15) is 18.4 Å². The molecule has 1 amide bonds. The lowest BCUT2D eigenvalue weighted by atomic mass is 10.0. The van der Waals surface area contributed by atoms with Gasteiger partial charge in [-0.25, -0.2) is 9.59 Å². The molecular formula is C16H21F2NO4. The molecule has 0 aromatic heterocycles. The van der Waals surface area contributed by atoms with Crippen LogP contribution in [0.2, 0.25) is 0 Å². The Bertz CT molecular complexity index is 541. The minimum absolute atomic E-state index is 0.0661. The highest BCUT2D eigenvalue weighted by molar-refractivity contribution is 5.80. The molecule has 128 valence electrons. The van der Waals surface area contributed by atoms with E-state index in [0.29, 0.717) is 0 Å². The van der Waals surface area contributed by atoms with Gasteiger partial charge in [-0.05, 0) is 33.3 Å². The van der Waals surface area contributed by atoms with E-state index in [2.05, 4.69) is 10.1 Å². The number of carbonyl (C=O) groups excluding carboxylic acids is 2. The molecule has 0 radical (unpaired) electrons. The predicted octanol–water partition coefficient (Wildman–Crippen LogP) is 3.45. The number of esters is 1. The zero-order valence-electron chi connectivity index (χ0n) is 13.6. The lowest BCUT2D eigenvalue weighted by molar-refractivity contribution is -0.176. The number of ether oxygens (including phenoxy) is 2. The zero-order chi connectivity index (χ0) is 17.7. The summed E-state index contributed by atoms with van der Waals surface area (Å²) in [5.74, 6) is -5.64. The summed E-state index contributed by atoms with van der Waals surface area (Å²) < 4.78 is 38.2. The van der Waals surface area contributed by atoms with E-state index >= 15 is 0 Å². The first-order valence-electron chi connectivity index (χ1n) is 7.17. The second-order valence-electron chi connectivity index (χ2n) is 5.83. The normalized spacial score (nSPS) is 13.1. The number of halogens is 2. The Kier molecular flexibility index (Phi) is 6.06. The summed E-state index contributed by atoms with van der Waals surface area (Å²) in [6.07, 6.45) is -1.05. The summed E-state index contributed by atoms with van der Waals surface area (Å²) in [5.41, 5.74) is -0.790. The van der Waals surface area contributed by atoms with E-state index in [1.165, 1.54) is 31.2 Å². The van der Waals surface area contributed by atoms with Gasteiger partial charge in [0, 0.05) is 0 Å². The fourth-order valence-electron chi connectivity index (χ4n) is 1.80. The molecule has 1 unspecified atom stereocenters. The van der Waals surface area contributed by atoms with Crippen LogP contribution in [-0.4, -0.2) is 30.2 Å².